The van der Waals surface area contributed by atoms with Crippen LogP contribution in [-0.4, -0.2) is 37.2 Å². The van der Waals surface area contributed by atoms with E-state index in [4.69, 9.17) is 14.2 Å². The highest BCUT2D eigenvalue weighted by molar-refractivity contribution is 5.71. The topological polar surface area (TPSA) is 78.9 Å². The third-order valence-corrected chi connectivity index (χ3v) is 13.6. The minimum atomic E-state index is -0.785. The summed E-state index contributed by atoms with van der Waals surface area (Å²) in [6, 6.07) is 0. The first-order chi connectivity index (χ1) is 37.0. The summed E-state index contributed by atoms with van der Waals surface area (Å²) in [5, 5.41) is 0. The van der Waals surface area contributed by atoms with E-state index < -0.39 is 6.10 Å². The third-order valence-electron chi connectivity index (χ3n) is 13.6. The largest absolute Gasteiger partial charge is 0.462 e. The van der Waals surface area contributed by atoms with Gasteiger partial charge in [0.25, 0.3) is 0 Å². The highest BCUT2D eigenvalue weighted by Crippen LogP contribution is 2.16. The molecule has 0 saturated carbocycles. The zero-order valence-electron chi connectivity index (χ0n) is 49.3. The van der Waals surface area contributed by atoms with E-state index in [9.17, 15) is 14.4 Å². The Morgan fingerprint density at radius 3 is 0.813 bits per heavy atom. The standard InChI is InChI=1S/C69H118O6/c1-4-7-10-13-16-19-22-25-28-29-30-31-32-33-34-35-36-37-38-39-40-41-42-45-47-50-53-56-59-62-68(71)74-65-66(75-69(72)63-60-57-54-51-48-44-27-24-21-18-15-12-9-6-3)64-73-67(70)61-58-55-52-49-46-43-26-23-20-17-14-11-8-5-2/h7,10,16,19,25,28,30-31,33-34,36-37,39-40,42,45,66H,4-6,8-9,11-15,17-18,20-24,26-27,29,32,35,38,41,43-44,46-65H2,1-3H3/b10-7-,19-16-,28-25-,31-30-,34-33-,37-36-,40-39-,45-42-. The van der Waals surface area contributed by atoms with Crippen molar-refractivity contribution in [1.82, 2.24) is 0 Å². The van der Waals surface area contributed by atoms with E-state index in [1.807, 2.05) is 0 Å². The lowest BCUT2D eigenvalue weighted by atomic mass is 10.0. The smallest absolute Gasteiger partial charge is 0.306 e. The second kappa shape index (κ2) is 62.9. The molecule has 0 aliphatic carbocycles. The predicted octanol–water partition coefficient (Wildman–Crippen LogP) is 21.7. The molecule has 0 aromatic rings. The molecule has 0 aromatic heterocycles. The van der Waals surface area contributed by atoms with E-state index in [-0.39, 0.29) is 31.1 Å². The van der Waals surface area contributed by atoms with Crippen molar-refractivity contribution in [2.24, 2.45) is 0 Å². The molecule has 0 rings (SSSR count). The number of unbranched alkanes of at least 4 members (excludes halogenated alkanes) is 30. The van der Waals surface area contributed by atoms with Crippen molar-refractivity contribution in [3.05, 3.63) is 97.2 Å². The van der Waals surface area contributed by atoms with Crippen LogP contribution in [0.4, 0.5) is 0 Å². The minimum Gasteiger partial charge on any atom is -0.462 e. The van der Waals surface area contributed by atoms with Crippen molar-refractivity contribution in [2.75, 3.05) is 13.2 Å². The van der Waals surface area contributed by atoms with Gasteiger partial charge in [0.05, 0.1) is 0 Å². The molecule has 0 aliphatic heterocycles. The van der Waals surface area contributed by atoms with Gasteiger partial charge in [-0.3, -0.25) is 14.4 Å². The van der Waals surface area contributed by atoms with Gasteiger partial charge in [0.15, 0.2) is 6.10 Å². The number of ether oxygens (including phenoxy) is 3. The fourth-order valence-corrected chi connectivity index (χ4v) is 8.87. The van der Waals surface area contributed by atoms with E-state index in [2.05, 4.69) is 118 Å². The highest BCUT2D eigenvalue weighted by Gasteiger charge is 2.19. The van der Waals surface area contributed by atoms with Crippen LogP contribution in [0.5, 0.6) is 0 Å². The monoisotopic (exact) mass is 1040 g/mol. The molecule has 0 spiro atoms. The van der Waals surface area contributed by atoms with Crippen LogP contribution >= 0.6 is 0 Å². The van der Waals surface area contributed by atoms with Crippen LogP contribution in [0.15, 0.2) is 97.2 Å². The summed E-state index contributed by atoms with van der Waals surface area (Å²) in [4.78, 5) is 38.2. The van der Waals surface area contributed by atoms with Crippen molar-refractivity contribution < 1.29 is 28.6 Å². The summed E-state index contributed by atoms with van der Waals surface area (Å²) in [6.07, 6.45) is 84.1. The minimum absolute atomic E-state index is 0.0814. The number of carbonyl (C=O) groups excluding carboxylic acids is 3. The van der Waals surface area contributed by atoms with Gasteiger partial charge in [-0.2, -0.15) is 0 Å². The van der Waals surface area contributed by atoms with E-state index in [0.717, 1.165) is 122 Å². The van der Waals surface area contributed by atoms with Crippen LogP contribution in [0.3, 0.4) is 0 Å². The van der Waals surface area contributed by atoms with Gasteiger partial charge in [-0.25, -0.2) is 0 Å². The van der Waals surface area contributed by atoms with Crippen LogP contribution < -0.4 is 0 Å². The molecule has 0 heterocycles. The molecule has 75 heavy (non-hydrogen) atoms. The second-order valence-corrected chi connectivity index (χ2v) is 21.0. The SMILES string of the molecule is CC/C=C\C/C=C\C/C=C\C/C=C\C/C=C\C/C=C\C/C=C\C/C=C\CCCCCCC(=O)OCC(COC(=O)CCCCCCCCCCCCCCCC)OC(=O)CCCCCCCCCCCCCCCC. The molecular weight excluding hydrogens is 925 g/mol. The lowest BCUT2D eigenvalue weighted by molar-refractivity contribution is -0.167. The number of esters is 3. The summed E-state index contributed by atoms with van der Waals surface area (Å²) in [5.41, 5.74) is 0. The Balaban J connectivity index is 4.34. The Kier molecular flexibility index (Phi) is 59.8. The normalized spacial score (nSPS) is 12.7. The van der Waals surface area contributed by atoms with E-state index >= 15 is 0 Å². The Hall–Kier alpha value is -3.67. The van der Waals surface area contributed by atoms with Crippen LogP contribution in [0, 0.1) is 0 Å². The zero-order valence-corrected chi connectivity index (χ0v) is 49.3. The summed E-state index contributed by atoms with van der Waals surface area (Å²) in [7, 11) is 0. The van der Waals surface area contributed by atoms with Crippen molar-refractivity contribution in [2.45, 2.75) is 309 Å². The molecule has 1 unspecified atom stereocenters. The molecule has 0 radical (unpaired) electrons. The molecule has 0 fully saturated rings. The van der Waals surface area contributed by atoms with Crippen molar-refractivity contribution in [1.29, 1.82) is 0 Å². The van der Waals surface area contributed by atoms with Crippen molar-refractivity contribution in [3.63, 3.8) is 0 Å². The predicted molar refractivity (Wildman–Crippen MR) is 325 cm³/mol. The van der Waals surface area contributed by atoms with Gasteiger partial charge >= 0.3 is 17.9 Å². The highest BCUT2D eigenvalue weighted by atomic mass is 16.6. The van der Waals surface area contributed by atoms with E-state index in [1.165, 1.54) is 141 Å². The molecule has 6 heteroatoms. The van der Waals surface area contributed by atoms with Gasteiger partial charge in [-0.05, 0) is 83.5 Å². The molecule has 0 saturated heterocycles. The Labute approximate surface area is 464 Å². The van der Waals surface area contributed by atoms with Crippen LogP contribution in [-0.2, 0) is 28.6 Å². The maximum atomic E-state index is 12.9. The molecule has 0 amide bonds. The number of rotatable bonds is 57. The lowest BCUT2D eigenvalue weighted by Crippen LogP contribution is -2.30. The number of carbonyl (C=O) groups is 3. The first kappa shape index (κ1) is 71.3. The Morgan fingerprint density at radius 2 is 0.520 bits per heavy atom. The average molecular weight is 1040 g/mol. The third kappa shape index (κ3) is 61.1. The first-order valence-corrected chi connectivity index (χ1v) is 31.7. The summed E-state index contributed by atoms with van der Waals surface area (Å²) >= 11 is 0. The number of hydrogen-bond acceptors (Lipinski definition) is 6. The molecule has 0 aromatic carbocycles. The number of hydrogen-bond donors (Lipinski definition) is 0. The van der Waals surface area contributed by atoms with Crippen molar-refractivity contribution in [3.8, 4) is 0 Å². The summed E-state index contributed by atoms with van der Waals surface area (Å²) < 4.78 is 16.9. The average Bonchev–Trinajstić information content (AvgIpc) is 3.41. The quantitative estimate of drug-likeness (QED) is 0.0261. The van der Waals surface area contributed by atoms with E-state index in [0.29, 0.717) is 19.3 Å². The van der Waals surface area contributed by atoms with Gasteiger partial charge in [0.2, 0.25) is 0 Å². The van der Waals surface area contributed by atoms with Gasteiger partial charge in [-0.1, -0.05) is 298 Å². The van der Waals surface area contributed by atoms with Gasteiger partial charge < -0.3 is 14.2 Å². The maximum absolute atomic E-state index is 12.9. The molecule has 1 atom stereocenters. The summed E-state index contributed by atoms with van der Waals surface area (Å²) in [5.74, 6) is -0.895. The second-order valence-electron chi connectivity index (χ2n) is 21.0. The molecule has 6 nitrogen and oxygen atoms in total. The van der Waals surface area contributed by atoms with Gasteiger partial charge in [0, 0.05) is 19.3 Å². The van der Waals surface area contributed by atoms with Crippen LogP contribution in [0.25, 0.3) is 0 Å². The van der Waals surface area contributed by atoms with Gasteiger partial charge in [0.1, 0.15) is 13.2 Å². The fraction of sp³-hybridized carbons (Fsp3) is 0.725. The molecule has 0 bridgehead atoms. The Morgan fingerprint density at radius 1 is 0.280 bits per heavy atom. The molecular formula is C69H118O6. The van der Waals surface area contributed by atoms with Crippen LogP contribution in [0.2, 0.25) is 0 Å². The van der Waals surface area contributed by atoms with Gasteiger partial charge in [-0.15, -0.1) is 0 Å². The summed E-state index contributed by atoms with van der Waals surface area (Å²) in [6.45, 7) is 6.53. The maximum Gasteiger partial charge on any atom is 0.306 e. The number of allylic oxidation sites excluding steroid dienone is 16. The molecule has 0 N–H and O–H groups in total. The first-order valence-electron chi connectivity index (χ1n) is 31.7. The van der Waals surface area contributed by atoms with Crippen molar-refractivity contribution >= 4 is 17.9 Å². The fourth-order valence-electron chi connectivity index (χ4n) is 8.87. The molecule has 430 valence electrons. The zero-order chi connectivity index (χ0) is 54.3. The Bertz CT molecular complexity index is 1480. The lowest BCUT2D eigenvalue weighted by Gasteiger charge is -2.18. The van der Waals surface area contributed by atoms with E-state index in [1.54, 1.807) is 0 Å². The van der Waals surface area contributed by atoms with Crippen LogP contribution in [0.1, 0.15) is 303 Å². The molecule has 0 aliphatic rings.